The number of thioether (sulfide) groups is 1. The third-order valence-corrected chi connectivity index (χ3v) is 3.66. The number of hydrogen-bond acceptors (Lipinski definition) is 3. The summed E-state index contributed by atoms with van der Waals surface area (Å²) in [5, 5.41) is 3.37. The van der Waals surface area contributed by atoms with Gasteiger partial charge in [-0.25, -0.2) is 0 Å². The van der Waals surface area contributed by atoms with E-state index in [9.17, 15) is 4.79 Å². The van der Waals surface area contributed by atoms with Crippen LogP contribution in [0.25, 0.3) is 0 Å². The highest BCUT2D eigenvalue weighted by Gasteiger charge is 2.06. The summed E-state index contributed by atoms with van der Waals surface area (Å²) >= 11 is 7.74. The van der Waals surface area contributed by atoms with Gasteiger partial charge in [-0.1, -0.05) is 24.4 Å². The predicted octanol–water partition coefficient (Wildman–Crippen LogP) is 3.58. The molecule has 5 heteroatoms. The van der Waals surface area contributed by atoms with E-state index in [2.05, 4.69) is 11.6 Å². The molecule has 0 fully saturated rings. The highest BCUT2D eigenvalue weighted by Crippen LogP contribution is 2.16. The van der Waals surface area contributed by atoms with Crippen molar-refractivity contribution in [3.8, 4) is 0 Å². The highest BCUT2D eigenvalue weighted by molar-refractivity contribution is 7.98. The van der Waals surface area contributed by atoms with Gasteiger partial charge in [-0.3, -0.25) is 4.79 Å². The average Bonchev–Trinajstić information content (AvgIpc) is 2.36. The van der Waals surface area contributed by atoms with Gasteiger partial charge >= 0.3 is 0 Å². The fourth-order valence-electron chi connectivity index (χ4n) is 1.77. The Balaban J connectivity index is 2.24. The summed E-state index contributed by atoms with van der Waals surface area (Å²) in [5.74, 6) is 1.10. The number of rotatable bonds is 8. The minimum Gasteiger partial charge on any atom is -0.399 e. The van der Waals surface area contributed by atoms with Crippen molar-refractivity contribution in [1.29, 1.82) is 0 Å². The maximum Gasteiger partial charge on any atom is 0.251 e. The van der Waals surface area contributed by atoms with Gasteiger partial charge in [0, 0.05) is 22.8 Å². The molecule has 106 valence electrons. The molecular formula is C14H21ClN2OS. The third-order valence-electron chi connectivity index (χ3n) is 2.74. The van der Waals surface area contributed by atoms with Gasteiger partial charge in [0.05, 0.1) is 0 Å². The molecule has 0 aliphatic carbocycles. The molecule has 0 atom stereocenters. The molecule has 0 unspecified atom stereocenters. The molecule has 0 aliphatic heterocycles. The van der Waals surface area contributed by atoms with Crippen LogP contribution < -0.4 is 11.1 Å². The summed E-state index contributed by atoms with van der Waals surface area (Å²) < 4.78 is 0. The number of nitrogens with two attached hydrogens (primary N) is 1. The molecule has 0 heterocycles. The number of hydrogen-bond donors (Lipinski definition) is 2. The Kier molecular flexibility index (Phi) is 7.75. The minimum atomic E-state index is -0.113. The van der Waals surface area contributed by atoms with Crippen LogP contribution in [-0.4, -0.2) is 24.5 Å². The first-order chi connectivity index (χ1) is 9.13. The Labute approximate surface area is 124 Å². The third kappa shape index (κ3) is 6.73. The van der Waals surface area contributed by atoms with Crippen LogP contribution in [0.15, 0.2) is 18.2 Å². The Hall–Kier alpha value is -0.870. The van der Waals surface area contributed by atoms with Crippen LogP contribution in [0.2, 0.25) is 5.02 Å². The predicted molar refractivity (Wildman–Crippen MR) is 85.0 cm³/mol. The normalized spacial score (nSPS) is 10.4. The van der Waals surface area contributed by atoms with Crippen LogP contribution >= 0.6 is 23.4 Å². The van der Waals surface area contributed by atoms with E-state index in [-0.39, 0.29) is 5.91 Å². The molecule has 3 N–H and O–H groups in total. The van der Waals surface area contributed by atoms with E-state index in [4.69, 9.17) is 17.3 Å². The van der Waals surface area contributed by atoms with Crippen molar-refractivity contribution < 1.29 is 4.79 Å². The lowest BCUT2D eigenvalue weighted by Crippen LogP contribution is -2.24. The van der Waals surface area contributed by atoms with Crippen molar-refractivity contribution in [3.05, 3.63) is 28.8 Å². The van der Waals surface area contributed by atoms with Gasteiger partial charge in [-0.05, 0) is 43.0 Å². The van der Waals surface area contributed by atoms with Crippen molar-refractivity contribution in [2.45, 2.75) is 25.7 Å². The summed E-state index contributed by atoms with van der Waals surface area (Å²) in [6, 6.07) is 4.90. The van der Waals surface area contributed by atoms with Crippen LogP contribution in [0.5, 0.6) is 0 Å². The number of carbonyl (C=O) groups is 1. The first-order valence-electron chi connectivity index (χ1n) is 6.46. The molecule has 0 radical (unpaired) electrons. The second-order valence-electron chi connectivity index (χ2n) is 4.44. The molecule has 0 spiro atoms. The molecular weight excluding hydrogens is 280 g/mol. The molecule has 1 amide bonds. The van der Waals surface area contributed by atoms with E-state index in [0.29, 0.717) is 22.8 Å². The molecule has 1 aromatic carbocycles. The zero-order valence-corrected chi connectivity index (χ0v) is 12.8. The molecule has 0 bridgehead atoms. The number of amides is 1. The molecule has 1 aromatic rings. The maximum absolute atomic E-state index is 11.9. The minimum absolute atomic E-state index is 0.113. The van der Waals surface area contributed by atoms with Gasteiger partial charge in [0.15, 0.2) is 0 Å². The molecule has 0 saturated carbocycles. The molecule has 0 aromatic heterocycles. The van der Waals surface area contributed by atoms with Crippen LogP contribution in [0, 0.1) is 0 Å². The van der Waals surface area contributed by atoms with E-state index >= 15 is 0 Å². The van der Waals surface area contributed by atoms with E-state index in [0.717, 1.165) is 12.8 Å². The second-order valence-corrected chi connectivity index (χ2v) is 5.86. The molecule has 1 rings (SSSR count). The zero-order chi connectivity index (χ0) is 14.1. The Morgan fingerprint density at radius 1 is 1.26 bits per heavy atom. The Morgan fingerprint density at radius 2 is 2.00 bits per heavy atom. The lowest BCUT2D eigenvalue weighted by Gasteiger charge is -2.06. The fraction of sp³-hybridized carbons (Fsp3) is 0.500. The summed E-state index contributed by atoms with van der Waals surface area (Å²) in [6.07, 6.45) is 6.76. The number of nitrogens with one attached hydrogen (secondary N) is 1. The summed E-state index contributed by atoms with van der Waals surface area (Å²) in [6.45, 7) is 0.699. The van der Waals surface area contributed by atoms with Gasteiger partial charge < -0.3 is 11.1 Å². The topological polar surface area (TPSA) is 55.1 Å². The smallest absolute Gasteiger partial charge is 0.251 e. The van der Waals surface area contributed by atoms with E-state index < -0.39 is 0 Å². The van der Waals surface area contributed by atoms with Crippen molar-refractivity contribution in [3.63, 3.8) is 0 Å². The van der Waals surface area contributed by atoms with Gasteiger partial charge in [-0.2, -0.15) is 11.8 Å². The van der Waals surface area contributed by atoms with Crippen molar-refractivity contribution >= 4 is 35.0 Å². The SMILES string of the molecule is CSCCCCCCNC(=O)c1cc(N)cc(Cl)c1. The number of anilines is 1. The summed E-state index contributed by atoms with van der Waals surface area (Å²) in [5.41, 5.74) is 6.68. The number of unbranched alkanes of at least 4 members (excludes halogenated alkanes) is 3. The van der Waals surface area contributed by atoms with Gasteiger partial charge in [-0.15, -0.1) is 0 Å². The summed E-state index contributed by atoms with van der Waals surface area (Å²) in [4.78, 5) is 11.9. The maximum atomic E-state index is 11.9. The quantitative estimate of drug-likeness (QED) is 0.570. The second kappa shape index (κ2) is 9.10. The van der Waals surface area contributed by atoms with E-state index in [1.807, 2.05) is 11.8 Å². The monoisotopic (exact) mass is 300 g/mol. The van der Waals surface area contributed by atoms with Gasteiger partial charge in [0.2, 0.25) is 0 Å². The zero-order valence-electron chi connectivity index (χ0n) is 11.2. The molecule has 0 aliphatic rings. The van der Waals surface area contributed by atoms with Crippen LogP contribution in [0.3, 0.4) is 0 Å². The highest BCUT2D eigenvalue weighted by atomic mass is 35.5. The van der Waals surface area contributed by atoms with Crippen molar-refractivity contribution in [2.24, 2.45) is 0 Å². The number of carbonyl (C=O) groups excluding carboxylic acids is 1. The molecule has 3 nitrogen and oxygen atoms in total. The Morgan fingerprint density at radius 3 is 2.68 bits per heavy atom. The average molecular weight is 301 g/mol. The van der Waals surface area contributed by atoms with Crippen LogP contribution in [0.4, 0.5) is 5.69 Å². The summed E-state index contributed by atoms with van der Waals surface area (Å²) in [7, 11) is 0. The van der Waals surface area contributed by atoms with Crippen molar-refractivity contribution in [2.75, 3.05) is 24.3 Å². The number of benzene rings is 1. The lowest BCUT2D eigenvalue weighted by atomic mass is 10.1. The first kappa shape index (κ1) is 16.2. The van der Waals surface area contributed by atoms with Gasteiger partial charge in [0.25, 0.3) is 5.91 Å². The number of halogens is 1. The number of nitrogen functional groups attached to an aromatic ring is 1. The first-order valence-corrected chi connectivity index (χ1v) is 8.24. The largest absolute Gasteiger partial charge is 0.399 e. The van der Waals surface area contributed by atoms with E-state index in [1.165, 1.54) is 18.6 Å². The van der Waals surface area contributed by atoms with Gasteiger partial charge in [0.1, 0.15) is 0 Å². The van der Waals surface area contributed by atoms with Crippen LogP contribution in [-0.2, 0) is 0 Å². The van der Waals surface area contributed by atoms with E-state index in [1.54, 1.807) is 18.2 Å². The van der Waals surface area contributed by atoms with Crippen molar-refractivity contribution in [1.82, 2.24) is 5.32 Å². The fourth-order valence-corrected chi connectivity index (χ4v) is 2.51. The lowest BCUT2D eigenvalue weighted by molar-refractivity contribution is 0.0953. The molecule has 0 saturated heterocycles. The van der Waals surface area contributed by atoms with Crippen LogP contribution in [0.1, 0.15) is 36.0 Å². The standard InChI is InChI=1S/C14H21ClN2OS/c1-19-7-5-3-2-4-6-17-14(18)11-8-12(15)10-13(16)9-11/h8-10H,2-7,16H2,1H3,(H,17,18). The Bertz CT molecular complexity index is 392. The molecule has 19 heavy (non-hydrogen) atoms.